The molecule has 0 aromatic carbocycles. The van der Waals surface area contributed by atoms with Crippen LogP contribution in [0, 0.1) is 17.3 Å². The molecule has 4 unspecified atom stereocenters. The van der Waals surface area contributed by atoms with Gasteiger partial charge in [0.05, 0.1) is 12.2 Å². The van der Waals surface area contributed by atoms with Crippen molar-refractivity contribution in [3.8, 4) is 0 Å². The summed E-state index contributed by atoms with van der Waals surface area (Å²) in [4.78, 5) is 1.68. The first-order valence-electron chi connectivity index (χ1n) is 8.34. The lowest BCUT2D eigenvalue weighted by Gasteiger charge is -2.50. The molecule has 2 nitrogen and oxygen atoms in total. The van der Waals surface area contributed by atoms with Crippen molar-refractivity contribution < 1.29 is 9.47 Å². The molecule has 0 spiro atoms. The molecule has 6 heteroatoms. The van der Waals surface area contributed by atoms with Crippen LogP contribution in [0.25, 0.3) is 0 Å². The topological polar surface area (TPSA) is 18.5 Å². The maximum absolute atomic E-state index is 5.66. The maximum atomic E-state index is 5.66. The van der Waals surface area contributed by atoms with E-state index in [1.165, 1.54) is 25.7 Å². The Hall–Kier alpha value is 1.84. The van der Waals surface area contributed by atoms with Gasteiger partial charge >= 0.3 is 0 Å². The molecule has 0 aromatic rings. The van der Waals surface area contributed by atoms with E-state index in [0.29, 0.717) is 36.6 Å². The van der Waals surface area contributed by atoms with Gasteiger partial charge in [-0.25, -0.2) is 0 Å². The quantitative estimate of drug-likeness (QED) is 0.383. The molecule has 2 aliphatic carbocycles. The molecule has 23 heavy (non-hydrogen) atoms. The molecule has 0 aliphatic heterocycles. The van der Waals surface area contributed by atoms with E-state index in [0.717, 1.165) is 0 Å². The van der Waals surface area contributed by atoms with Crippen LogP contribution in [-0.4, -0.2) is 45.7 Å². The highest BCUT2D eigenvalue weighted by Gasteiger charge is 2.48. The molecule has 0 radical (unpaired) electrons. The van der Waals surface area contributed by atoms with E-state index in [2.05, 4.69) is 77.6 Å². The Morgan fingerprint density at radius 2 is 0.913 bits per heavy atom. The van der Waals surface area contributed by atoms with Crippen molar-refractivity contribution in [2.45, 2.75) is 71.0 Å². The fourth-order valence-corrected chi connectivity index (χ4v) is 9.37. The van der Waals surface area contributed by atoms with Crippen LogP contribution >= 0.6 is 63.7 Å². The molecule has 2 saturated carbocycles. The Morgan fingerprint density at radius 3 is 1.13 bits per heavy atom. The third-order valence-electron chi connectivity index (χ3n) is 6.11. The predicted octanol–water partition coefficient (Wildman–Crippen LogP) is 5.92. The zero-order valence-corrected chi connectivity index (χ0v) is 20.6. The van der Waals surface area contributed by atoms with Crippen LogP contribution in [0.2, 0.25) is 0 Å². The SMILES string of the molecule is COC1C(Br)CC(C(C)(C)C2CC(Br)C(OC)C(Br)C2)CC1Br. The average Bonchev–Trinajstić information content (AvgIpc) is 2.46. The smallest absolute Gasteiger partial charge is 0.0821 e. The predicted molar refractivity (Wildman–Crippen MR) is 112 cm³/mol. The van der Waals surface area contributed by atoms with Gasteiger partial charge in [0, 0.05) is 33.5 Å². The normalized spacial score (nSPS) is 45.9. The molecule has 0 amide bonds. The molecule has 0 aromatic heterocycles. The van der Waals surface area contributed by atoms with E-state index in [-0.39, 0.29) is 12.2 Å². The van der Waals surface area contributed by atoms with E-state index >= 15 is 0 Å². The van der Waals surface area contributed by atoms with E-state index in [1.807, 2.05) is 14.2 Å². The molecule has 2 rings (SSSR count). The number of methoxy groups -OCH3 is 2. The van der Waals surface area contributed by atoms with Gasteiger partial charge in [0.25, 0.3) is 0 Å². The van der Waals surface area contributed by atoms with E-state index < -0.39 is 0 Å². The number of alkyl halides is 4. The fourth-order valence-electron chi connectivity index (χ4n) is 4.41. The molecular weight excluding hydrogens is 556 g/mol. The minimum atomic E-state index is 0.263. The highest BCUT2D eigenvalue weighted by atomic mass is 79.9. The second kappa shape index (κ2) is 8.69. The van der Waals surface area contributed by atoms with Crippen LogP contribution in [0.1, 0.15) is 39.5 Å². The third kappa shape index (κ3) is 4.58. The molecule has 0 saturated heterocycles. The Bertz CT molecular complexity index is 335. The largest absolute Gasteiger partial charge is 0.379 e. The van der Waals surface area contributed by atoms with Crippen LogP contribution in [0.5, 0.6) is 0 Å². The summed E-state index contributed by atoms with van der Waals surface area (Å²) in [6.07, 6.45) is 5.24. The van der Waals surface area contributed by atoms with Crippen molar-refractivity contribution in [2.24, 2.45) is 17.3 Å². The summed E-state index contributed by atoms with van der Waals surface area (Å²) in [7, 11) is 3.63. The summed E-state index contributed by atoms with van der Waals surface area (Å²) in [6.45, 7) is 4.92. The lowest BCUT2D eigenvalue weighted by Crippen LogP contribution is -2.49. The lowest BCUT2D eigenvalue weighted by atomic mass is 9.60. The molecule has 2 aliphatic rings. The van der Waals surface area contributed by atoms with Crippen LogP contribution in [0.3, 0.4) is 0 Å². The zero-order chi connectivity index (χ0) is 17.4. The first kappa shape index (κ1) is 21.1. The average molecular weight is 584 g/mol. The molecule has 0 bridgehead atoms. The van der Waals surface area contributed by atoms with Crippen molar-refractivity contribution in [2.75, 3.05) is 14.2 Å². The van der Waals surface area contributed by atoms with E-state index in [9.17, 15) is 0 Å². The van der Waals surface area contributed by atoms with Gasteiger partial charge in [0.15, 0.2) is 0 Å². The standard InChI is InChI=1S/C17H28Br4O2/c1-17(2,9-5-11(18)15(22-3)12(19)6-9)10-7-13(20)16(23-4)14(21)8-10/h9-16H,5-8H2,1-4H3. The Kier molecular flexibility index (Phi) is 7.98. The number of ether oxygens (including phenoxy) is 2. The second-order valence-electron chi connectivity index (χ2n) is 7.62. The summed E-state index contributed by atoms with van der Waals surface area (Å²) < 4.78 is 11.3. The van der Waals surface area contributed by atoms with Crippen molar-refractivity contribution in [1.82, 2.24) is 0 Å². The monoisotopic (exact) mass is 580 g/mol. The van der Waals surface area contributed by atoms with E-state index in [1.54, 1.807) is 0 Å². The first-order valence-corrected chi connectivity index (χ1v) is 12.0. The van der Waals surface area contributed by atoms with Gasteiger partial charge in [-0.3, -0.25) is 0 Å². The maximum Gasteiger partial charge on any atom is 0.0821 e. The van der Waals surface area contributed by atoms with Crippen molar-refractivity contribution in [1.29, 1.82) is 0 Å². The first-order chi connectivity index (χ1) is 10.7. The van der Waals surface area contributed by atoms with Gasteiger partial charge in [0.1, 0.15) is 0 Å². The van der Waals surface area contributed by atoms with Crippen molar-refractivity contribution in [3.05, 3.63) is 0 Å². The highest BCUT2D eigenvalue weighted by molar-refractivity contribution is 9.10. The summed E-state index contributed by atoms with van der Waals surface area (Å²) in [5, 5.41) is 0. The molecule has 0 heterocycles. The Labute approximate surface area is 174 Å². The minimum absolute atomic E-state index is 0.263. The van der Waals surface area contributed by atoms with Gasteiger partial charge in [-0.05, 0) is 42.9 Å². The Morgan fingerprint density at radius 1 is 0.652 bits per heavy atom. The van der Waals surface area contributed by atoms with Gasteiger partial charge in [-0.15, -0.1) is 0 Å². The third-order valence-corrected chi connectivity index (χ3v) is 9.69. The molecule has 0 N–H and O–H groups in total. The highest BCUT2D eigenvalue weighted by Crippen LogP contribution is 2.52. The lowest BCUT2D eigenvalue weighted by molar-refractivity contribution is -0.00349. The van der Waals surface area contributed by atoms with Crippen LogP contribution in [-0.2, 0) is 9.47 Å². The van der Waals surface area contributed by atoms with E-state index in [4.69, 9.17) is 9.47 Å². The van der Waals surface area contributed by atoms with Crippen molar-refractivity contribution in [3.63, 3.8) is 0 Å². The summed E-state index contributed by atoms with van der Waals surface area (Å²) in [6, 6.07) is 0. The summed E-state index contributed by atoms with van der Waals surface area (Å²) >= 11 is 15.5. The van der Waals surface area contributed by atoms with Gasteiger partial charge < -0.3 is 9.47 Å². The summed E-state index contributed by atoms with van der Waals surface area (Å²) in [5.74, 6) is 1.37. The van der Waals surface area contributed by atoms with Gasteiger partial charge in [0.2, 0.25) is 0 Å². The number of rotatable bonds is 4. The van der Waals surface area contributed by atoms with Gasteiger partial charge in [-0.1, -0.05) is 77.6 Å². The van der Waals surface area contributed by atoms with Gasteiger partial charge in [-0.2, -0.15) is 0 Å². The molecule has 4 atom stereocenters. The number of hydrogen-bond donors (Lipinski definition) is 0. The molecule has 2 fully saturated rings. The van der Waals surface area contributed by atoms with Crippen LogP contribution in [0.4, 0.5) is 0 Å². The minimum Gasteiger partial charge on any atom is -0.379 e. The second-order valence-corrected chi connectivity index (χ2v) is 12.3. The number of halogens is 4. The van der Waals surface area contributed by atoms with Crippen LogP contribution < -0.4 is 0 Å². The zero-order valence-electron chi connectivity index (χ0n) is 14.3. The summed E-state index contributed by atoms with van der Waals surface area (Å²) in [5.41, 5.74) is 0.299. The Balaban J connectivity index is 2.09. The van der Waals surface area contributed by atoms with Crippen LogP contribution in [0.15, 0.2) is 0 Å². The molecule has 136 valence electrons. The molecular formula is C17H28Br4O2. The van der Waals surface area contributed by atoms with Crippen molar-refractivity contribution >= 4 is 63.7 Å². The fraction of sp³-hybridized carbons (Fsp3) is 1.00. The number of hydrogen-bond acceptors (Lipinski definition) is 2.